The maximum atomic E-state index is 2.38. The molecule has 0 fully saturated rings. The second-order valence-electron chi connectivity index (χ2n) is 12.6. The van der Waals surface area contributed by atoms with Crippen molar-refractivity contribution >= 4 is 21.5 Å². The zero-order valence-electron chi connectivity index (χ0n) is 25.7. The summed E-state index contributed by atoms with van der Waals surface area (Å²) < 4.78 is 0. The molecule has 0 bridgehead atoms. The molecule has 0 amide bonds. The molecule has 9 rings (SSSR count). The molecule has 1 aliphatic rings. The largest absolute Gasteiger partial charge is 0.0713 e. The molecular formula is C46H32. The zero-order valence-corrected chi connectivity index (χ0v) is 25.7. The quantitative estimate of drug-likeness (QED) is 0.181. The molecular weight excluding hydrogens is 553 g/mol. The van der Waals surface area contributed by atoms with Crippen LogP contribution in [0.5, 0.6) is 0 Å². The van der Waals surface area contributed by atoms with Gasteiger partial charge in [-0.3, -0.25) is 0 Å². The highest BCUT2D eigenvalue weighted by Gasteiger charge is 2.44. The molecule has 0 spiro atoms. The standard InChI is InChI=1S/C46H32/c1-31-19-20-36-30-37-15-10-18-43-44(37)45(41(36)29-31)40-16-8-9-17-42(40)46(43,38-25-21-34(22-26-38)32-11-4-2-5-12-32)39-27-23-35(24-28-39)33-13-6-3-7-14-33/h2-30H,1H3. The van der Waals surface area contributed by atoms with Crippen molar-refractivity contribution in [3.8, 4) is 33.4 Å². The van der Waals surface area contributed by atoms with E-state index in [9.17, 15) is 0 Å². The maximum absolute atomic E-state index is 2.38. The van der Waals surface area contributed by atoms with Crippen LogP contribution in [0.2, 0.25) is 0 Å². The first-order valence-corrected chi connectivity index (χ1v) is 16.1. The minimum atomic E-state index is -0.509. The first kappa shape index (κ1) is 26.7. The molecule has 0 atom stereocenters. The number of fused-ring (bicyclic) bond motifs is 4. The Hall–Kier alpha value is -5.72. The Balaban J connectivity index is 1.39. The molecule has 0 N–H and O–H groups in total. The third kappa shape index (κ3) is 3.93. The van der Waals surface area contributed by atoms with E-state index in [4.69, 9.17) is 0 Å². The van der Waals surface area contributed by atoms with E-state index in [0.29, 0.717) is 0 Å². The molecule has 8 aromatic rings. The second-order valence-corrected chi connectivity index (χ2v) is 12.6. The van der Waals surface area contributed by atoms with Gasteiger partial charge in [0.25, 0.3) is 0 Å². The first-order chi connectivity index (χ1) is 22.7. The van der Waals surface area contributed by atoms with Crippen LogP contribution in [0.4, 0.5) is 0 Å². The van der Waals surface area contributed by atoms with Crippen LogP contribution in [0.15, 0.2) is 176 Å². The molecule has 0 heteroatoms. The smallest absolute Gasteiger partial charge is 0.0622 e. The number of hydrogen-bond donors (Lipinski definition) is 0. The molecule has 0 aromatic heterocycles. The van der Waals surface area contributed by atoms with Crippen LogP contribution >= 0.6 is 0 Å². The van der Waals surface area contributed by atoms with E-state index in [0.717, 1.165) is 0 Å². The lowest BCUT2D eigenvalue weighted by molar-refractivity contribution is 0.750. The summed E-state index contributed by atoms with van der Waals surface area (Å²) in [5.41, 5.74) is 13.5. The SMILES string of the molecule is Cc1ccc2cc3cccc4c3c(c2c1)-c1ccccc1C4(c1ccc(-c2ccccc2)cc1)c1ccc(-c2ccccc2)cc1. The summed E-state index contributed by atoms with van der Waals surface area (Å²) in [5.74, 6) is 0. The van der Waals surface area contributed by atoms with Gasteiger partial charge in [-0.15, -0.1) is 0 Å². The van der Waals surface area contributed by atoms with Crippen LogP contribution in [0.1, 0.15) is 27.8 Å². The highest BCUT2D eigenvalue weighted by molar-refractivity contribution is 6.17. The molecule has 0 radical (unpaired) electrons. The van der Waals surface area contributed by atoms with Crippen LogP contribution in [-0.2, 0) is 5.41 Å². The van der Waals surface area contributed by atoms with Crippen molar-refractivity contribution in [2.45, 2.75) is 12.3 Å². The van der Waals surface area contributed by atoms with Crippen LogP contribution in [0.25, 0.3) is 54.9 Å². The van der Waals surface area contributed by atoms with Crippen molar-refractivity contribution in [3.63, 3.8) is 0 Å². The topological polar surface area (TPSA) is 0 Å². The van der Waals surface area contributed by atoms with Gasteiger partial charge in [-0.05, 0) is 90.2 Å². The predicted molar refractivity (Wildman–Crippen MR) is 194 cm³/mol. The highest BCUT2D eigenvalue weighted by Crippen LogP contribution is 2.57. The van der Waals surface area contributed by atoms with Gasteiger partial charge in [-0.25, -0.2) is 0 Å². The second kappa shape index (κ2) is 10.4. The summed E-state index contributed by atoms with van der Waals surface area (Å²) >= 11 is 0. The molecule has 8 aromatic carbocycles. The summed E-state index contributed by atoms with van der Waals surface area (Å²) in [6.07, 6.45) is 0. The van der Waals surface area contributed by atoms with Gasteiger partial charge in [0.1, 0.15) is 0 Å². The predicted octanol–water partition coefficient (Wildman–Crippen LogP) is 12.0. The Labute approximate surface area is 270 Å². The molecule has 0 aliphatic heterocycles. The Bertz CT molecular complexity index is 2300. The van der Waals surface area contributed by atoms with Gasteiger partial charge < -0.3 is 0 Å². The lowest BCUT2D eigenvalue weighted by atomic mass is 9.59. The third-order valence-corrected chi connectivity index (χ3v) is 9.99. The van der Waals surface area contributed by atoms with E-state index >= 15 is 0 Å². The Morgan fingerprint density at radius 2 is 0.935 bits per heavy atom. The number of hydrogen-bond acceptors (Lipinski definition) is 0. The fourth-order valence-corrected chi connectivity index (χ4v) is 7.92. The third-order valence-electron chi connectivity index (χ3n) is 9.99. The van der Waals surface area contributed by atoms with E-state index in [1.807, 2.05) is 0 Å². The minimum Gasteiger partial charge on any atom is -0.0622 e. The van der Waals surface area contributed by atoms with Gasteiger partial charge >= 0.3 is 0 Å². The van der Waals surface area contributed by atoms with Gasteiger partial charge in [0.2, 0.25) is 0 Å². The summed E-state index contributed by atoms with van der Waals surface area (Å²) in [5, 5.41) is 5.23. The van der Waals surface area contributed by atoms with Crippen molar-refractivity contribution in [1.29, 1.82) is 0 Å². The number of aryl methyl sites for hydroxylation is 1. The summed E-state index contributed by atoms with van der Waals surface area (Å²) in [6.45, 7) is 2.20. The van der Waals surface area contributed by atoms with Gasteiger partial charge in [0, 0.05) is 0 Å². The lowest BCUT2D eigenvalue weighted by Gasteiger charge is -2.42. The van der Waals surface area contributed by atoms with Gasteiger partial charge in [-0.2, -0.15) is 0 Å². The van der Waals surface area contributed by atoms with Crippen molar-refractivity contribution in [2.75, 3.05) is 0 Å². The molecule has 216 valence electrons. The summed E-state index contributed by atoms with van der Waals surface area (Å²) in [6, 6.07) is 65.3. The molecule has 0 nitrogen and oxygen atoms in total. The van der Waals surface area contributed by atoms with E-state index in [2.05, 4.69) is 183 Å². The normalized spacial score (nSPS) is 13.1. The monoisotopic (exact) mass is 584 g/mol. The lowest BCUT2D eigenvalue weighted by Crippen LogP contribution is -2.34. The fourth-order valence-electron chi connectivity index (χ4n) is 7.92. The van der Waals surface area contributed by atoms with Crippen LogP contribution in [0, 0.1) is 6.92 Å². The van der Waals surface area contributed by atoms with Gasteiger partial charge in [-0.1, -0.05) is 175 Å². The molecule has 0 heterocycles. The van der Waals surface area contributed by atoms with Crippen molar-refractivity contribution < 1.29 is 0 Å². The molecule has 0 saturated heterocycles. The van der Waals surface area contributed by atoms with E-state index in [1.165, 1.54) is 82.7 Å². The number of benzene rings is 8. The summed E-state index contributed by atoms with van der Waals surface area (Å²) in [4.78, 5) is 0. The zero-order chi connectivity index (χ0) is 30.7. The van der Waals surface area contributed by atoms with Crippen molar-refractivity contribution in [3.05, 3.63) is 204 Å². The minimum absolute atomic E-state index is 0.509. The van der Waals surface area contributed by atoms with E-state index in [1.54, 1.807) is 0 Å². The van der Waals surface area contributed by atoms with Crippen LogP contribution in [-0.4, -0.2) is 0 Å². The maximum Gasteiger partial charge on any atom is 0.0713 e. The van der Waals surface area contributed by atoms with Gasteiger partial charge in [0.05, 0.1) is 5.41 Å². The fraction of sp³-hybridized carbons (Fsp3) is 0.0435. The van der Waals surface area contributed by atoms with Crippen molar-refractivity contribution in [1.82, 2.24) is 0 Å². The van der Waals surface area contributed by atoms with Crippen LogP contribution in [0.3, 0.4) is 0 Å². The highest BCUT2D eigenvalue weighted by atomic mass is 14.5. The van der Waals surface area contributed by atoms with Crippen molar-refractivity contribution in [2.24, 2.45) is 0 Å². The first-order valence-electron chi connectivity index (χ1n) is 16.1. The Morgan fingerprint density at radius 3 is 1.57 bits per heavy atom. The van der Waals surface area contributed by atoms with E-state index in [-0.39, 0.29) is 0 Å². The van der Waals surface area contributed by atoms with E-state index < -0.39 is 5.41 Å². The Morgan fingerprint density at radius 1 is 0.391 bits per heavy atom. The van der Waals surface area contributed by atoms with Gasteiger partial charge in [0.15, 0.2) is 0 Å². The average molecular weight is 585 g/mol. The number of rotatable bonds is 4. The molecule has 0 unspecified atom stereocenters. The average Bonchev–Trinajstić information content (AvgIpc) is 3.13. The molecule has 1 aliphatic carbocycles. The molecule has 0 saturated carbocycles. The Kier molecular flexibility index (Phi) is 6.05. The summed E-state index contributed by atoms with van der Waals surface area (Å²) in [7, 11) is 0. The van der Waals surface area contributed by atoms with Crippen LogP contribution < -0.4 is 0 Å². The molecule has 46 heavy (non-hydrogen) atoms.